The van der Waals surface area contributed by atoms with Crippen LogP contribution < -0.4 is 5.32 Å². The van der Waals surface area contributed by atoms with Crippen LogP contribution >= 0.6 is 0 Å². The van der Waals surface area contributed by atoms with Crippen molar-refractivity contribution in [2.45, 2.75) is 6.18 Å². The van der Waals surface area contributed by atoms with Crippen LogP contribution in [0.3, 0.4) is 0 Å². The van der Waals surface area contributed by atoms with Gasteiger partial charge in [-0.1, -0.05) is 18.2 Å². The summed E-state index contributed by atoms with van der Waals surface area (Å²) >= 11 is 0. The average molecular weight is 268 g/mol. The highest BCUT2D eigenvalue weighted by molar-refractivity contribution is 5.95. The molecule has 4 nitrogen and oxygen atoms in total. The number of nitrogens with zero attached hydrogens (tertiary/aromatic N) is 2. The standard InChI is InChI=1S/C12H9F3N3O/c1-16-11(19)9-7-17-18(10(9)12(13,14)15)8-5-3-2-4-6-8/h2-7H,1H2,(H,16,19). The number of benzene rings is 1. The van der Waals surface area contributed by atoms with Crippen molar-refractivity contribution in [2.24, 2.45) is 0 Å². The summed E-state index contributed by atoms with van der Waals surface area (Å²) in [7, 11) is 3.06. The van der Waals surface area contributed by atoms with Crippen LogP contribution in [0.5, 0.6) is 0 Å². The molecule has 0 unspecified atom stereocenters. The molecule has 1 aromatic carbocycles. The Hall–Kier alpha value is -2.31. The van der Waals surface area contributed by atoms with Gasteiger partial charge in [0.1, 0.15) is 0 Å². The summed E-state index contributed by atoms with van der Waals surface area (Å²) in [5, 5.41) is 5.55. The predicted octanol–water partition coefficient (Wildman–Crippen LogP) is 2.41. The molecule has 19 heavy (non-hydrogen) atoms. The molecule has 1 radical (unpaired) electrons. The molecular formula is C12H9F3N3O. The molecule has 7 heteroatoms. The minimum Gasteiger partial charge on any atom is -0.350 e. The lowest BCUT2D eigenvalue weighted by molar-refractivity contribution is -0.143. The van der Waals surface area contributed by atoms with Gasteiger partial charge in [0.05, 0.1) is 17.4 Å². The van der Waals surface area contributed by atoms with Crippen LogP contribution in [-0.4, -0.2) is 15.7 Å². The molecule has 0 aliphatic carbocycles. The molecule has 0 saturated heterocycles. The predicted molar refractivity (Wildman–Crippen MR) is 61.4 cm³/mol. The highest BCUT2D eigenvalue weighted by Gasteiger charge is 2.40. The molecule has 0 spiro atoms. The van der Waals surface area contributed by atoms with Gasteiger partial charge in [-0.15, -0.1) is 0 Å². The Morgan fingerprint density at radius 2 is 1.89 bits per heavy atom. The fourth-order valence-electron chi connectivity index (χ4n) is 1.65. The van der Waals surface area contributed by atoms with Crippen molar-refractivity contribution in [1.29, 1.82) is 0 Å². The van der Waals surface area contributed by atoms with Gasteiger partial charge in [-0.2, -0.15) is 18.3 Å². The van der Waals surface area contributed by atoms with E-state index in [1.807, 2.05) is 5.32 Å². The minimum atomic E-state index is -4.70. The summed E-state index contributed by atoms with van der Waals surface area (Å²) in [5.41, 5.74) is -1.47. The molecule has 1 N–H and O–H groups in total. The maximum Gasteiger partial charge on any atom is 0.434 e. The summed E-state index contributed by atoms with van der Waals surface area (Å²) in [6, 6.07) is 7.77. The van der Waals surface area contributed by atoms with E-state index in [0.717, 1.165) is 6.20 Å². The summed E-state index contributed by atoms with van der Waals surface area (Å²) in [5.74, 6) is -0.936. The van der Waals surface area contributed by atoms with Crippen LogP contribution in [0, 0.1) is 7.05 Å². The summed E-state index contributed by atoms with van der Waals surface area (Å²) in [6.45, 7) is 0. The number of nitrogens with one attached hydrogen (secondary N) is 1. The van der Waals surface area contributed by atoms with Gasteiger partial charge in [-0.05, 0) is 12.1 Å². The van der Waals surface area contributed by atoms with E-state index in [1.165, 1.54) is 12.1 Å². The second-order valence-electron chi connectivity index (χ2n) is 3.66. The molecule has 1 amide bonds. The maximum absolute atomic E-state index is 13.1. The molecule has 2 aromatic rings. The number of aromatic nitrogens is 2. The van der Waals surface area contributed by atoms with Crippen molar-refractivity contribution < 1.29 is 18.0 Å². The quantitative estimate of drug-likeness (QED) is 0.909. The normalized spacial score (nSPS) is 11.4. The van der Waals surface area contributed by atoms with Crippen LogP contribution in [-0.2, 0) is 6.18 Å². The first kappa shape index (κ1) is 13.1. The zero-order valence-electron chi connectivity index (χ0n) is 9.61. The van der Waals surface area contributed by atoms with Crippen LogP contribution in [0.2, 0.25) is 0 Å². The number of alkyl halides is 3. The van der Waals surface area contributed by atoms with Gasteiger partial charge in [-0.3, -0.25) is 4.79 Å². The van der Waals surface area contributed by atoms with Crippen molar-refractivity contribution >= 4 is 5.91 Å². The Morgan fingerprint density at radius 1 is 1.26 bits per heavy atom. The van der Waals surface area contributed by atoms with E-state index in [-0.39, 0.29) is 5.69 Å². The van der Waals surface area contributed by atoms with Gasteiger partial charge in [0.15, 0.2) is 5.69 Å². The zero-order valence-corrected chi connectivity index (χ0v) is 9.61. The first-order valence-electron chi connectivity index (χ1n) is 5.23. The third kappa shape index (κ3) is 2.44. The zero-order chi connectivity index (χ0) is 14.0. The molecule has 0 bridgehead atoms. The topological polar surface area (TPSA) is 46.9 Å². The summed E-state index contributed by atoms with van der Waals surface area (Å²) in [6.07, 6.45) is -3.83. The van der Waals surface area contributed by atoms with E-state index in [4.69, 9.17) is 0 Å². The van der Waals surface area contributed by atoms with Crippen molar-refractivity contribution in [3.8, 4) is 5.69 Å². The summed E-state index contributed by atoms with van der Waals surface area (Å²) in [4.78, 5) is 11.4. The third-order valence-corrected chi connectivity index (χ3v) is 2.44. The number of para-hydroxylation sites is 1. The Kier molecular flexibility index (Phi) is 3.28. The Morgan fingerprint density at radius 3 is 2.42 bits per heavy atom. The Labute approximate surface area is 106 Å². The van der Waals surface area contributed by atoms with Gasteiger partial charge in [0.25, 0.3) is 5.91 Å². The third-order valence-electron chi connectivity index (χ3n) is 2.44. The number of hydrogen-bond acceptors (Lipinski definition) is 2. The van der Waals surface area contributed by atoms with Gasteiger partial charge >= 0.3 is 6.18 Å². The van der Waals surface area contributed by atoms with E-state index < -0.39 is 23.3 Å². The monoisotopic (exact) mass is 268 g/mol. The number of rotatable bonds is 2. The number of amides is 1. The number of halogens is 3. The number of carbonyl (C=O) groups is 1. The van der Waals surface area contributed by atoms with Crippen LogP contribution in [0.4, 0.5) is 13.2 Å². The average Bonchev–Trinajstić information content (AvgIpc) is 2.83. The minimum absolute atomic E-state index is 0.220. The van der Waals surface area contributed by atoms with Gasteiger partial charge in [-0.25, -0.2) is 4.68 Å². The lowest BCUT2D eigenvalue weighted by Gasteiger charge is -2.12. The summed E-state index contributed by atoms with van der Waals surface area (Å²) < 4.78 is 39.9. The molecule has 0 saturated carbocycles. The van der Waals surface area contributed by atoms with Crippen LogP contribution in [0.15, 0.2) is 36.5 Å². The molecule has 0 aliphatic rings. The molecule has 99 valence electrons. The lowest BCUT2D eigenvalue weighted by Crippen LogP contribution is -2.22. The first-order valence-corrected chi connectivity index (χ1v) is 5.23. The fraction of sp³-hybridized carbons (Fsp3) is 0.0833. The molecule has 0 fully saturated rings. The Balaban J connectivity index is 2.64. The van der Waals surface area contributed by atoms with Crippen molar-refractivity contribution in [3.63, 3.8) is 0 Å². The lowest BCUT2D eigenvalue weighted by atomic mass is 10.2. The largest absolute Gasteiger partial charge is 0.434 e. The highest BCUT2D eigenvalue weighted by Crippen LogP contribution is 2.33. The second-order valence-corrected chi connectivity index (χ2v) is 3.66. The SMILES string of the molecule is [CH2]NC(=O)c1cnn(-c2ccccc2)c1C(F)(F)F. The Bertz CT molecular complexity index is 590. The first-order chi connectivity index (χ1) is 8.95. The molecule has 2 rings (SSSR count). The number of hydrogen-bond donors (Lipinski definition) is 1. The van der Waals surface area contributed by atoms with E-state index in [1.54, 1.807) is 18.2 Å². The second kappa shape index (κ2) is 4.75. The van der Waals surface area contributed by atoms with Gasteiger partial charge in [0, 0.05) is 7.05 Å². The van der Waals surface area contributed by atoms with Crippen molar-refractivity contribution in [3.05, 3.63) is 54.8 Å². The highest BCUT2D eigenvalue weighted by atomic mass is 19.4. The number of carbonyl (C=O) groups excluding carboxylic acids is 1. The van der Waals surface area contributed by atoms with Crippen LogP contribution in [0.25, 0.3) is 5.69 Å². The van der Waals surface area contributed by atoms with E-state index in [0.29, 0.717) is 4.68 Å². The van der Waals surface area contributed by atoms with E-state index in [9.17, 15) is 18.0 Å². The fourth-order valence-corrected chi connectivity index (χ4v) is 1.65. The molecule has 0 atom stereocenters. The van der Waals surface area contributed by atoms with E-state index in [2.05, 4.69) is 12.1 Å². The molecular weight excluding hydrogens is 259 g/mol. The molecule has 1 aromatic heterocycles. The van der Waals surface area contributed by atoms with E-state index >= 15 is 0 Å². The molecule has 1 heterocycles. The van der Waals surface area contributed by atoms with Crippen LogP contribution in [0.1, 0.15) is 16.1 Å². The van der Waals surface area contributed by atoms with Crippen molar-refractivity contribution in [1.82, 2.24) is 15.1 Å². The van der Waals surface area contributed by atoms with Crippen molar-refractivity contribution in [2.75, 3.05) is 0 Å². The maximum atomic E-state index is 13.1. The molecule has 0 aliphatic heterocycles. The smallest absolute Gasteiger partial charge is 0.350 e. The van der Waals surface area contributed by atoms with Gasteiger partial charge < -0.3 is 5.32 Å². The van der Waals surface area contributed by atoms with Gasteiger partial charge in [0.2, 0.25) is 0 Å².